The summed E-state index contributed by atoms with van der Waals surface area (Å²) in [7, 11) is 3.66. The smallest absolute Gasteiger partial charge is 0.193 e. The zero-order valence-electron chi connectivity index (χ0n) is 17.4. The number of hydrogen-bond acceptors (Lipinski definition) is 3. The fourth-order valence-electron chi connectivity index (χ4n) is 5.06. The van der Waals surface area contributed by atoms with Crippen LogP contribution in [0.15, 0.2) is 29.3 Å². The molecule has 2 aliphatic heterocycles. The molecule has 0 aromatic heterocycles. The normalized spacial score (nSPS) is 32.6. The Bertz CT molecular complexity index is 699. The van der Waals surface area contributed by atoms with Crippen molar-refractivity contribution in [2.24, 2.45) is 10.4 Å². The van der Waals surface area contributed by atoms with Crippen LogP contribution in [0.1, 0.15) is 44.6 Å². The number of methoxy groups -OCH3 is 1. The molecule has 5 nitrogen and oxygen atoms in total. The minimum Gasteiger partial charge on any atom is -0.496 e. The largest absolute Gasteiger partial charge is 0.496 e. The molecule has 1 aromatic rings. The Morgan fingerprint density at radius 1 is 1.29 bits per heavy atom. The SMILES string of the molecule is CN=C(NC1CC1(C)c1ccccc1OC)N1CCCC2(CCCOC2)C1.I. The van der Waals surface area contributed by atoms with Gasteiger partial charge in [-0.1, -0.05) is 25.1 Å². The van der Waals surface area contributed by atoms with E-state index in [9.17, 15) is 0 Å². The molecule has 0 radical (unpaired) electrons. The van der Waals surface area contributed by atoms with Gasteiger partial charge in [-0.25, -0.2) is 0 Å². The monoisotopic (exact) mass is 499 g/mol. The number of hydrogen-bond donors (Lipinski definition) is 1. The van der Waals surface area contributed by atoms with Crippen LogP contribution in [0.2, 0.25) is 0 Å². The minimum absolute atomic E-state index is 0. The Kier molecular flexibility index (Phi) is 6.80. The molecule has 3 unspecified atom stereocenters. The van der Waals surface area contributed by atoms with Crippen molar-refractivity contribution in [1.29, 1.82) is 0 Å². The van der Waals surface area contributed by atoms with Crippen molar-refractivity contribution in [2.45, 2.75) is 50.5 Å². The summed E-state index contributed by atoms with van der Waals surface area (Å²) in [5, 5.41) is 3.75. The van der Waals surface area contributed by atoms with Crippen molar-refractivity contribution in [3.63, 3.8) is 0 Å². The fraction of sp³-hybridized carbons (Fsp3) is 0.682. The average Bonchev–Trinajstić information content (AvgIpc) is 3.37. The summed E-state index contributed by atoms with van der Waals surface area (Å²) in [4.78, 5) is 7.09. The number of guanidine groups is 1. The Morgan fingerprint density at radius 3 is 2.79 bits per heavy atom. The number of benzene rings is 1. The van der Waals surface area contributed by atoms with Crippen molar-refractivity contribution >= 4 is 29.9 Å². The van der Waals surface area contributed by atoms with Gasteiger partial charge in [0, 0.05) is 49.2 Å². The van der Waals surface area contributed by atoms with E-state index in [1.807, 2.05) is 13.1 Å². The highest BCUT2D eigenvalue weighted by molar-refractivity contribution is 14.0. The molecule has 1 aliphatic carbocycles. The third-order valence-corrected chi connectivity index (χ3v) is 6.84. The Labute approximate surface area is 186 Å². The van der Waals surface area contributed by atoms with Gasteiger partial charge >= 0.3 is 0 Å². The highest BCUT2D eigenvalue weighted by Gasteiger charge is 2.53. The summed E-state index contributed by atoms with van der Waals surface area (Å²) in [5.74, 6) is 2.03. The molecule has 156 valence electrons. The molecule has 6 heteroatoms. The number of nitrogens with zero attached hydrogens (tertiary/aromatic N) is 2. The summed E-state index contributed by atoms with van der Waals surface area (Å²) in [6, 6.07) is 8.79. The lowest BCUT2D eigenvalue weighted by Gasteiger charge is -2.45. The van der Waals surface area contributed by atoms with Crippen molar-refractivity contribution in [2.75, 3.05) is 40.5 Å². The van der Waals surface area contributed by atoms with E-state index >= 15 is 0 Å². The Hall–Kier alpha value is -1.02. The van der Waals surface area contributed by atoms with Crippen molar-refractivity contribution in [3.05, 3.63) is 29.8 Å². The standard InChI is InChI=1S/C22H33N3O2.HI/c1-21(17-8-4-5-9-18(17)26-3)14-19(21)24-20(23-2)25-12-6-10-22(15-25)11-7-13-27-16-22;/h4-5,8-9,19H,6-7,10-16H2,1-3H3,(H,23,24);1H. The Balaban J connectivity index is 0.00000225. The molecule has 28 heavy (non-hydrogen) atoms. The van der Waals surface area contributed by atoms with Gasteiger partial charge in [-0.05, 0) is 38.2 Å². The Morgan fingerprint density at radius 2 is 2.07 bits per heavy atom. The van der Waals surface area contributed by atoms with Gasteiger partial charge in [0.1, 0.15) is 5.75 Å². The maximum atomic E-state index is 5.83. The quantitative estimate of drug-likeness (QED) is 0.391. The van der Waals surface area contributed by atoms with Crippen molar-refractivity contribution in [3.8, 4) is 5.75 Å². The van der Waals surface area contributed by atoms with Crippen molar-refractivity contribution < 1.29 is 9.47 Å². The summed E-state index contributed by atoms with van der Waals surface area (Å²) in [6.45, 7) is 6.30. The van der Waals surface area contributed by atoms with Crippen LogP contribution in [0.4, 0.5) is 0 Å². The van der Waals surface area contributed by atoms with E-state index in [2.05, 4.69) is 40.3 Å². The molecule has 3 aliphatic rings. The van der Waals surface area contributed by atoms with Crippen LogP contribution in [0.3, 0.4) is 0 Å². The van der Waals surface area contributed by atoms with Crippen LogP contribution < -0.4 is 10.1 Å². The summed E-state index contributed by atoms with van der Waals surface area (Å²) in [5.41, 5.74) is 1.71. The molecular weight excluding hydrogens is 465 g/mol. The first-order chi connectivity index (χ1) is 13.1. The predicted octanol–water partition coefficient (Wildman–Crippen LogP) is 3.81. The molecule has 1 saturated carbocycles. The third kappa shape index (κ3) is 4.13. The van der Waals surface area contributed by atoms with Gasteiger partial charge in [0.2, 0.25) is 0 Å². The van der Waals surface area contributed by atoms with E-state index in [4.69, 9.17) is 9.47 Å². The molecule has 4 rings (SSSR count). The highest BCUT2D eigenvalue weighted by Crippen LogP contribution is 2.51. The average molecular weight is 499 g/mol. The molecule has 3 atom stereocenters. The second kappa shape index (κ2) is 8.78. The molecule has 1 spiro atoms. The summed E-state index contributed by atoms with van der Waals surface area (Å²) >= 11 is 0. The van der Waals surface area contributed by atoms with E-state index < -0.39 is 0 Å². The molecule has 2 heterocycles. The second-order valence-electron chi connectivity index (χ2n) is 8.75. The van der Waals surface area contributed by atoms with E-state index in [0.717, 1.165) is 44.4 Å². The minimum atomic E-state index is 0. The van der Waals surface area contributed by atoms with Gasteiger partial charge in [0.15, 0.2) is 5.96 Å². The van der Waals surface area contributed by atoms with E-state index in [1.165, 1.54) is 31.2 Å². The third-order valence-electron chi connectivity index (χ3n) is 6.84. The van der Waals surface area contributed by atoms with Crippen LogP contribution in [-0.4, -0.2) is 57.4 Å². The number of ether oxygens (including phenoxy) is 2. The number of aliphatic imine (C=N–C) groups is 1. The lowest BCUT2D eigenvalue weighted by molar-refractivity contribution is -0.0370. The van der Waals surface area contributed by atoms with Gasteiger partial charge in [-0.2, -0.15) is 0 Å². The first kappa shape index (κ1) is 21.7. The number of para-hydroxylation sites is 1. The maximum absolute atomic E-state index is 5.83. The first-order valence-corrected chi connectivity index (χ1v) is 10.3. The van der Waals surface area contributed by atoms with E-state index in [1.54, 1.807) is 7.11 Å². The zero-order valence-corrected chi connectivity index (χ0v) is 19.7. The van der Waals surface area contributed by atoms with Crippen LogP contribution >= 0.6 is 24.0 Å². The van der Waals surface area contributed by atoms with Crippen LogP contribution in [-0.2, 0) is 10.2 Å². The fourth-order valence-corrected chi connectivity index (χ4v) is 5.06. The van der Waals surface area contributed by atoms with Gasteiger partial charge in [-0.15, -0.1) is 24.0 Å². The van der Waals surface area contributed by atoms with Gasteiger partial charge in [-0.3, -0.25) is 4.99 Å². The molecular formula is C22H34IN3O2. The number of likely N-dealkylation sites (tertiary alicyclic amines) is 1. The lowest BCUT2D eigenvalue weighted by atomic mass is 9.76. The summed E-state index contributed by atoms with van der Waals surface area (Å²) in [6.07, 6.45) is 6.08. The van der Waals surface area contributed by atoms with Crippen LogP contribution in [0.5, 0.6) is 5.75 Å². The molecule has 1 aromatic carbocycles. The van der Waals surface area contributed by atoms with Gasteiger partial charge in [0.05, 0.1) is 13.7 Å². The molecule has 3 fully saturated rings. The van der Waals surface area contributed by atoms with Gasteiger partial charge < -0.3 is 19.7 Å². The van der Waals surface area contributed by atoms with Gasteiger partial charge in [0.25, 0.3) is 0 Å². The number of nitrogens with one attached hydrogen (secondary N) is 1. The topological polar surface area (TPSA) is 46.1 Å². The molecule has 0 bridgehead atoms. The summed E-state index contributed by atoms with van der Waals surface area (Å²) < 4.78 is 11.4. The number of halogens is 1. The molecule has 2 saturated heterocycles. The second-order valence-corrected chi connectivity index (χ2v) is 8.75. The van der Waals surface area contributed by atoms with E-state index in [-0.39, 0.29) is 29.4 Å². The zero-order chi connectivity index (χ0) is 18.9. The molecule has 0 amide bonds. The van der Waals surface area contributed by atoms with Crippen LogP contribution in [0.25, 0.3) is 0 Å². The van der Waals surface area contributed by atoms with Crippen molar-refractivity contribution in [1.82, 2.24) is 10.2 Å². The lowest BCUT2D eigenvalue weighted by Crippen LogP contribution is -2.53. The highest BCUT2D eigenvalue weighted by atomic mass is 127. The predicted molar refractivity (Wildman–Crippen MR) is 124 cm³/mol. The number of rotatable bonds is 3. The first-order valence-electron chi connectivity index (χ1n) is 10.3. The number of piperidine rings is 1. The van der Waals surface area contributed by atoms with Crippen LogP contribution in [0, 0.1) is 5.41 Å². The molecule has 1 N–H and O–H groups in total. The van der Waals surface area contributed by atoms with E-state index in [0.29, 0.717) is 11.5 Å². The maximum Gasteiger partial charge on any atom is 0.193 e.